The van der Waals surface area contributed by atoms with Crippen LogP contribution in [0.25, 0.3) is 0 Å². The molecular weight excluding hydrogens is 318 g/mol. The summed E-state index contributed by atoms with van der Waals surface area (Å²) in [7, 11) is 0. The lowest BCUT2D eigenvalue weighted by atomic mass is 10.1. The van der Waals surface area contributed by atoms with Crippen molar-refractivity contribution in [2.75, 3.05) is 18.4 Å². The zero-order valence-corrected chi connectivity index (χ0v) is 14.2. The van der Waals surface area contributed by atoms with E-state index in [0.29, 0.717) is 11.7 Å². The molecule has 0 saturated carbocycles. The number of amides is 2. The minimum atomic E-state index is -0.0922. The number of carbonyl (C=O) groups is 1. The highest BCUT2D eigenvalue weighted by Crippen LogP contribution is 2.14. The van der Waals surface area contributed by atoms with Gasteiger partial charge in [0.05, 0.1) is 0 Å². The lowest BCUT2D eigenvalue weighted by Crippen LogP contribution is -2.37. The molecule has 2 rings (SSSR count). The molecule has 0 spiro atoms. The summed E-state index contributed by atoms with van der Waals surface area (Å²) < 4.78 is 0. The minimum Gasteiger partial charge on any atom is -0.324 e. The van der Waals surface area contributed by atoms with Crippen LogP contribution in [-0.2, 0) is 6.42 Å². The van der Waals surface area contributed by atoms with Gasteiger partial charge in [0.15, 0.2) is 5.13 Å². The molecule has 0 atom stereocenters. The van der Waals surface area contributed by atoms with Crippen LogP contribution < -0.4 is 5.32 Å². The largest absolute Gasteiger partial charge is 0.324 e. The third-order valence-corrected chi connectivity index (χ3v) is 4.20. The summed E-state index contributed by atoms with van der Waals surface area (Å²) in [6.45, 7) is 3.53. The van der Waals surface area contributed by atoms with E-state index in [0.717, 1.165) is 36.4 Å². The van der Waals surface area contributed by atoms with E-state index in [2.05, 4.69) is 17.2 Å². The van der Waals surface area contributed by atoms with Crippen molar-refractivity contribution < 1.29 is 4.79 Å². The van der Waals surface area contributed by atoms with Crippen molar-refractivity contribution in [3.8, 4) is 0 Å². The molecule has 0 fully saturated rings. The number of unbranched alkanes of at least 4 members (excludes halogenated alkanes) is 1. The van der Waals surface area contributed by atoms with E-state index in [9.17, 15) is 4.79 Å². The molecule has 0 saturated heterocycles. The van der Waals surface area contributed by atoms with Gasteiger partial charge >= 0.3 is 6.03 Å². The zero-order chi connectivity index (χ0) is 15.8. The summed E-state index contributed by atoms with van der Waals surface area (Å²) >= 11 is 7.42. The molecule has 0 bridgehead atoms. The van der Waals surface area contributed by atoms with Crippen molar-refractivity contribution in [3.05, 3.63) is 46.4 Å². The standard InChI is InChI=1S/C16H20ClN3OS/c1-2-3-9-20(16(21)19-15-18-8-11-22-15)10-7-13-5-4-6-14(17)12-13/h4-6,8,11-12H,2-3,7,9-10H2,1H3,(H,18,19,21). The van der Waals surface area contributed by atoms with E-state index < -0.39 is 0 Å². The molecule has 2 aromatic rings. The number of anilines is 1. The van der Waals surface area contributed by atoms with Crippen molar-refractivity contribution in [2.45, 2.75) is 26.2 Å². The van der Waals surface area contributed by atoms with Crippen LogP contribution in [0.1, 0.15) is 25.3 Å². The van der Waals surface area contributed by atoms with Crippen molar-refractivity contribution in [1.29, 1.82) is 0 Å². The summed E-state index contributed by atoms with van der Waals surface area (Å²) in [6.07, 6.45) is 4.51. The third-order valence-electron chi connectivity index (χ3n) is 3.27. The van der Waals surface area contributed by atoms with Crippen LogP contribution in [0.3, 0.4) is 0 Å². The first-order valence-corrected chi connectivity index (χ1v) is 8.64. The number of benzene rings is 1. The number of carbonyl (C=O) groups excluding carboxylic acids is 1. The van der Waals surface area contributed by atoms with Crippen LogP contribution in [0.15, 0.2) is 35.8 Å². The smallest absolute Gasteiger partial charge is 0.323 e. The fourth-order valence-electron chi connectivity index (χ4n) is 2.08. The molecule has 0 aliphatic heterocycles. The van der Waals surface area contributed by atoms with Gasteiger partial charge < -0.3 is 4.90 Å². The molecule has 1 aromatic heterocycles. The number of nitrogens with one attached hydrogen (secondary N) is 1. The van der Waals surface area contributed by atoms with E-state index in [-0.39, 0.29) is 6.03 Å². The quantitative estimate of drug-likeness (QED) is 0.797. The maximum absolute atomic E-state index is 12.4. The van der Waals surface area contributed by atoms with Gasteiger partial charge in [0.1, 0.15) is 0 Å². The topological polar surface area (TPSA) is 45.2 Å². The van der Waals surface area contributed by atoms with Gasteiger partial charge in [-0.15, -0.1) is 11.3 Å². The molecule has 118 valence electrons. The first kappa shape index (κ1) is 16.8. The van der Waals surface area contributed by atoms with Crippen molar-refractivity contribution in [2.24, 2.45) is 0 Å². The molecule has 6 heteroatoms. The highest BCUT2D eigenvalue weighted by Gasteiger charge is 2.14. The second-order valence-corrected chi connectivity index (χ2v) is 6.32. The molecule has 2 amide bonds. The van der Waals surface area contributed by atoms with E-state index in [1.54, 1.807) is 6.20 Å². The molecule has 0 unspecified atom stereocenters. The first-order valence-electron chi connectivity index (χ1n) is 7.39. The molecular formula is C16H20ClN3OS. The van der Waals surface area contributed by atoms with Gasteiger partial charge in [-0.1, -0.05) is 37.1 Å². The number of thiazole rings is 1. The Hall–Kier alpha value is -1.59. The van der Waals surface area contributed by atoms with Crippen molar-refractivity contribution >= 4 is 34.1 Å². The lowest BCUT2D eigenvalue weighted by molar-refractivity contribution is 0.211. The van der Waals surface area contributed by atoms with Crippen LogP contribution in [0.4, 0.5) is 9.93 Å². The van der Waals surface area contributed by atoms with E-state index >= 15 is 0 Å². The summed E-state index contributed by atoms with van der Waals surface area (Å²) in [4.78, 5) is 18.3. The van der Waals surface area contributed by atoms with E-state index in [1.807, 2.05) is 34.5 Å². The predicted octanol–water partition coefficient (Wildman–Crippen LogP) is 4.67. The van der Waals surface area contributed by atoms with Crippen LogP contribution in [0.2, 0.25) is 5.02 Å². The van der Waals surface area contributed by atoms with Crippen molar-refractivity contribution in [3.63, 3.8) is 0 Å². The Morgan fingerprint density at radius 3 is 2.95 bits per heavy atom. The van der Waals surface area contributed by atoms with Crippen molar-refractivity contribution in [1.82, 2.24) is 9.88 Å². The Morgan fingerprint density at radius 1 is 1.41 bits per heavy atom. The highest BCUT2D eigenvalue weighted by atomic mass is 35.5. The van der Waals surface area contributed by atoms with Gasteiger partial charge in [0.2, 0.25) is 0 Å². The number of hydrogen-bond donors (Lipinski definition) is 1. The van der Waals surface area contributed by atoms with E-state index in [4.69, 9.17) is 11.6 Å². The maximum Gasteiger partial charge on any atom is 0.323 e. The number of urea groups is 1. The Balaban J connectivity index is 1.94. The number of aromatic nitrogens is 1. The lowest BCUT2D eigenvalue weighted by Gasteiger charge is -2.22. The Morgan fingerprint density at radius 2 is 2.27 bits per heavy atom. The van der Waals surface area contributed by atoms with Gasteiger partial charge in [-0.05, 0) is 30.5 Å². The molecule has 0 radical (unpaired) electrons. The number of hydrogen-bond acceptors (Lipinski definition) is 3. The molecule has 1 aromatic carbocycles. The molecule has 22 heavy (non-hydrogen) atoms. The second kappa shape index (κ2) is 8.76. The summed E-state index contributed by atoms with van der Waals surface area (Å²) in [5.74, 6) is 0. The summed E-state index contributed by atoms with van der Waals surface area (Å²) in [5.41, 5.74) is 1.14. The third kappa shape index (κ3) is 5.31. The molecule has 0 aliphatic rings. The summed E-state index contributed by atoms with van der Waals surface area (Å²) in [6, 6.07) is 7.67. The number of rotatable bonds is 7. The monoisotopic (exact) mass is 337 g/mol. The fraction of sp³-hybridized carbons (Fsp3) is 0.375. The number of halogens is 1. The van der Waals surface area contributed by atoms with Crippen LogP contribution >= 0.6 is 22.9 Å². The van der Waals surface area contributed by atoms with Gasteiger partial charge in [-0.3, -0.25) is 5.32 Å². The van der Waals surface area contributed by atoms with Crippen LogP contribution in [-0.4, -0.2) is 29.0 Å². The molecule has 1 N–H and O–H groups in total. The maximum atomic E-state index is 12.4. The zero-order valence-electron chi connectivity index (χ0n) is 12.6. The minimum absolute atomic E-state index is 0.0922. The summed E-state index contributed by atoms with van der Waals surface area (Å²) in [5, 5.41) is 6.05. The second-order valence-electron chi connectivity index (χ2n) is 4.99. The highest BCUT2D eigenvalue weighted by molar-refractivity contribution is 7.13. The van der Waals surface area contributed by atoms with Gasteiger partial charge in [0, 0.05) is 29.7 Å². The Bertz CT molecular complexity index is 589. The fourth-order valence-corrected chi connectivity index (χ4v) is 2.81. The van der Waals surface area contributed by atoms with E-state index in [1.165, 1.54) is 11.3 Å². The van der Waals surface area contributed by atoms with Gasteiger partial charge in [0.25, 0.3) is 0 Å². The average Bonchev–Trinajstić information content (AvgIpc) is 3.00. The Kier molecular flexibility index (Phi) is 6.68. The van der Waals surface area contributed by atoms with Gasteiger partial charge in [-0.2, -0.15) is 0 Å². The number of nitrogens with zero attached hydrogens (tertiary/aromatic N) is 2. The van der Waals surface area contributed by atoms with Gasteiger partial charge in [-0.25, -0.2) is 9.78 Å². The van der Waals surface area contributed by atoms with Crippen LogP contribution in [0.5, 0.6) is 0 Å². The Labute approximate surface area is 140 Å². The SMILES string of the molecule is CCCCN(CCc1cccc(Cl)c1)C(=O)Nc1nccs1. The first-order chi connectivity index (χ1) is 10.7. The molecule has 0 aliphatic carbocycles. The normalized spacial score (nSPS) is 10.5. The molecule has 4 nitrogen and oxygen atoms in total. The van der Waals surface area contributed by atoms with Crippen LogP contribution in [0, 0.1) is 0 Å². The molecule has 1 heterocycles. The average molecular weight is 338 g/mol. The predicted molar refractivity (Wildman–Crippen MR) is 92.8 cm³/mol.